The highest BCUT2D eigenvalue weighted by Gasteiger charge is 2.18. The molecule has 1 amide bonds. The average Bonchev–Trinajstić information content (AvgIpc) is 3.19. The zero-order chi connectivity index (χ0) is 17.1. The van der Waals surface area contributed by atoms with Crippen molar-refractivity contribution in [3.05, 3.63) is 36.9 Å². The van der Waals surface area contributed by atoms with Gasteiger partial charge in [0.15, 0.2) is 0 Å². The number of rotatable bonds is 4. The van der Waals surface area contributed by atoms with Crippen molar-refractivity contribution in [3.63, 3.8) is 0 Å². The Kier molecular flexibility index (Phi) is 4.50. The zero-order valence-corrected chi connectivity index (χ0v) is 14.1. The van der Waals surface area contributed by atoms with Gasteiger partial charge in [0.1, 0.15) is 6.54 Å². The normalized spacial score (nSPS) is 16.0. The van der Waals surface area contributed by atoms with Gasteiger partial charge in [0.2, 0.25) is 18.2 Å². The molecule has 0 radical (unpaired) electrons. The first kappa shape index (κ1) is 15.9. The van der Waals surface area contributed by atoms with Gasteiger partial charge in [-0.1, -0.05) is 43.9 Å². The summed E-state index contributed by atoms with van der Waals surface area (Å²) in [7, 11) is 0. The van der Waals surface area contributed by atoms with E-state index in [-0.39, 0.29) is 5.91 Å². The molecule has 2 heterocycles. The van der Waals surface area contributed by atoms with Crippen molar-refractivity contribution in [2.45, 2.75) is 51.1 Å². The van der Waals surface area contributed by atoms with E-state index in [2.05, 4.69) is 15.5 Å². The third kappa shape index (κ3) is 3.43. The number of nitrogens with one attached hydrogen (secondary N) is 1. The smallest absolute Gasteiger partial charge is 0.249 e. The molecule has 0 saturated heterocycles. The first-order chi connectivity index (χ1) is 12.3. The van der Waals surface area contributed by atoms with Gasteiger partial charge in [-0.2, -0.15) is 0 Å². The van der Waals surface area contributed by atoms with Gasteiger partial charge in [-0.15, -0.1) is 10.2 Å². The van der Waals surface area contributed by atoms with Crippen LogP contribution in [-0.4, -0.2) is 26.7 Å². The second-order valence-corrected chi connectivity index (χ2v) is 6.69. The van der Waals surface area contributed by atoms with E-state index >= 15 is 0 Å². The fourth-order valence-electron chi connectivity index (χ4n) is 3.69. The Morgan fingerprint density at radius 1 is 1.20 bits per heavy atom. The molecule has 0 aliphatic heterocycles. The van der Waals surface area contributed by atoms with Crippen LogP contribution in [0.2, 0.25) is 0 Å². The third-order valence-electron chi connectivity index (χ3n) is 4.91. The summed E-state index contributed by atoms with van der Waals surface area (Å²) < 4.78 is 7.30. The van der Waals surface area contributed by atoms with Crippen LogP contribution in [0.25, 0.3) is 22.4 Å². The van der Waals surface area contributed by atoms with E-state index in [9.17, 15) is 4.79 Å². The van der Waals surface area contributed by atoms with Gasteiger partial charge in [0, 0.05) is 23.1 Å². The predicted molar refractivity (Wildman–Crippen MR) is 94.9 cm³/mol. The van der Waals surface area contributed by atoms with E-state index in [0.29, 0.717) is 18.5 Å². The van der Waals surface area contributed by atoms with E-state index < -0.39 is 0 Å². The number of para-hydroxylation sites is 1. The van der Waals surface area contributed by atoms with Crippen molar-refractivity contribution in [1.82, 2.24) is 20.1 Å². The molecule has 0 spiro atoms. The molecule has 6 nitrogen and oxygen atoms in total. The summed E-state index contributed by atoms with van der Waals surface area (Å²) in [4.78, 5) is 12.5. The lowest BCUT2D eigenvalue weighted by molar-refractivity contribution is -0.122. The quantitative estimate of drug-likeness (QED) is 0.739. The number of benzene rings is 1. The largest absolute Gasteiger partial charge is 0.423 e. The van der Waals surface area contributed by atoms with Crippen LogP contribution in [0.4, 0.5) is 0 Å². The minimum Gasteiger partial charge on any atom is -0.423 e. The number of hydrogen-bond donors (Lipinski definition) is 1. The van der Waals surface area contributed by atoms with Crippen LogP contribution < -0.4 is 5.32 Å². The highest BCUT2D eigenvalue weighted by atomic mass is 16.4. The standard InChI is InChI=1S/C19H22N4O2/c24-18(21-14-7-3-1-2-4-8-14)12-23-11-16(19-22-20-13-25-19)15-9-5-6-10-17(15)23/h5-6,9-11,13-14H,1-4,7-8,12H2,(H,21,24). The summed E-state index contributed by atoms with van der Waals surface area (Å²) in [6, 6.07) is 8.27. The van der Waals surface area contributed by atoms with Gasteiger partial charge in [-0.25, -0.2) is 0 Å². The maximum atomic E-state index is 12.5. The number of carbonyl (C=O) groups excluding carboxylic acids is 1. The molecule has 1 N–H and O–H groups in total. The molecule has 1 fully saturated rings. The van der Waals surface area contributed by atoms with Gasteiger partial charge < -0.3 is 14.3 Å². The zero-order valence-electron chi connectivity index (χ0n) is 14.1. The van der Waals surface area contributed by atoms with E-state index in [1.54, 1.807) is 0 Å². The Morgan fingerprint density at radius 2 is 2.00 bits per heavy atom. The molecule has 4 rings (SSSR count). The van der Waals surface area contributed by atoms with Crippen LogP contribution in [0.1, 0.15) is 38.5 Å². The lowest BCUT2D eigenvalue weighted by atomic mass is 10.1. The van der Waals surface area contributed by atoms with Crippen LogP contribution in [-0.2, 0) is 11.3 Å². The van der Waals surface area contributed by atoms with Crippen LogP contribution in [0.5, 0.6) is 0 Å². The minimum absolute atomic E-state index is 0.0599. The SMILES string of the molecule is O=C(Cn1cc(-c2nnco2)c2ccccc21)NC1CCCCCC1. The molecule has 2 aromatic heterocycles. The molecule has 130 valence electrons. The molecular weight excluding hydrogens is 316 g/mol. The van der Waals surface area contributed by atoms with Crippen molar-refractivity contribution in [2.24, 2.45) is 0 Å². The van der Waals surface area contributed by atoms with Crippen molar-refractivity contribution >= 4 is 16.8 Å². The number of fused-ring (bicyclic) bond motifs is 1. The molecular formula is C19H22N4O2. The van der Waals surface area contributed by atoms with Crippen molar-refractivity contribution < 1.29 is 9.21 Å². The van der Waals surface area contributed by atoms with Crippen LogP contribution in [0.15, 0.2) is 41.3 Å². The van der Waals surface area contributed by atoms with E-state index in [1.165, 1.54) is 32.1 Å². The Morgan fingerprint density at radius 3 is 2.76 bits per heavy atom. The lowest BCUT2D eigenvalue weighted by Crippen LogP contribution is -2.36. The number of hydrogen-bond acceptors (Lipinski definition) is 4. The monoisotopic (exact) mass is 338 g/mol. The van der Waals surface area contributed by atoms with Crippen LogP contribution in [0.3, 0.4) is 0 Å². The van der Waals surface area contributed by atoms with E-state index in [1.807, 2.05) is 35.0 Å². The summed E-state index contributed by atoms with van der Waals surface area (Å²) in [6.45, 7) is 0.297. The second kappa shape index (κ2) is 7.09. The van der Waals surface area contributed by atoms with E-state index in [0.717, 1.165) is 29.3 Å². The first-order valence-electron chi connectivity index (χ1n) is 8.95. The van der Waals surface area contributed by atoms with Crippen molar-refractivity contribution in [1.29, 1.82) is 0 Å². The Hall–Kier alpha value is -2.63. The van der Waals surface area contributed by atoms with Crippen LogP contribution in [0, 0.1) is 0 Å². The Balaban J connectivity index is 1.56. The molecule has 1 aromatic carbocycles. The molecule has 0 unspecified atom stereocenters. The topological polar surface area (TPSA) is 73.0 Å². The Labute approximate surface area is 146 Å². The first-order valence-corrected chi connectivity index (χ1v) is 8.95. The Bertz CT molecular complexity index is 846. The minimum atomic E-state index is 0.0599. The van der Waals surface area contributed by atoms with Crippen LogP contribution >= 0.6 is 0 Å². The average molecular weight is 338 g/mol. The number of amides is 1. The molecule has 3 aromatic rings. The molecule has 25 heavy (non-hydrogen) atoms. The van der Waals surface area contributed by atoms with Crippen molar-refractivity contribution in [3.8, 4) is 11.5 Å². The van der Waals surface area contributed by atoms with Gasteiger partial charge >= 0.3 is 0 Å². The molecule has 1 saturated carbocycles. The lowest BCUT2D eigenvalue weighted by Gasteiger charge is -2.16. The molecule has 6 heteroatoms. The maximum Gasteiger partial charge on any atom is 0.249 e. The summed E-state index contributed by atoms with van der Waals surface area (Å²) in [5.41, 5.74) is 1.85. The van der Waals surface area contributed by atoms with E-state index in [4.69, 9.17) is 4.42 Å². The molecule has 0 bridgehead atoms. The van der Waals surface area contributed by atoms with Crippen molar-refractivity contribution in [2.75, 3.05) is 0 Å². The second-order valence-electron chi connectivity index (χ2n) is 6.69. The summed E-state index contributed by atoms with van der Waals surface area (Å²) in [5.74, 6) is 0.531. The van der Waals surface area contributed by atoms with Gasteiger partial charge in [-0.3, -0.25) is 4.79 Å². The highest BCUT2D eigenvalue weighted by molar-refractivity contribution is 5.94. The molecule has 1 aliphatic carbocycles. The fraction of sp³-hybridized carbons (Fsp3) is 0.421. The maximum absolute atomic E-state index is 12.5. The summed E-state index contributed by atoms with van der Waals surface area (Å²) in [5, 5.41) is 12.0. The number of aromatic nitrogens is 3. The fourth-order valence-corrected chi connectivity index (χ4v) is 3.69. The molecule has 0 atom stereocenters. The van der Waals surface area contributed by atoms with Gasteiger partial charge in [-0.05, 0) is 18.9 Å². The number of carbonyl (C=O) groups is 1. The highest BCUT2D eigenvalue weighted by Crippen LogP contribution is 2.29. The summed E-state index contributed by atoms with van der Waals surface area (Å²) >= 11 is 0. The number of nitrogens with zero attached hydrogens (tertiary/aromatic N) is 3. The van der Waals surface area contributed by atoms with Gasteiger partial charge in [0.25, 0.3) is 0 Å². The summed E-state index contributed by atoms with van der Waals surface area (Å²) in [6.07, 6.45) is 10.4. The van der Waals surface area contributed by atoms with Gasteiger partial charge in [0.05, 0.1) is 5.56 Å². The predicted octanol–water partition coefficient (Wildman–Crippen LogP) is 3.53. The molecule has 1 aliphatic rings. The third-order valence-corrected chi connectivity index (χ3v) is 4.91.